The lowest BCUT2D eigenvalue weighted by Crippen LogP contribution is -1.79. The molecule has 0 aliphatic carbocycles. The molecule has 0 saturated heterocycles. The Labute approximate surface area is 68.9 Å². The Balaban J connectivity index is 2.83. The number of rotatable bonds is 0. The van der Waals surface area contributed by atoms with Gasteiger partial charge in [-0.3, -0.25) is 4.98 Å². The molecule has 2 rings (SSSR count). The van der Waals surface area contributed by atoms with Crippen LogP contribution in [0.25, 0.3) is 10.9 Å². The molecule has 11 heavy (non-hydrogen) atoms. The normalized spacial score (nSPS) is 10.3. The monoisotopic (exact) mass is 164 g/mol. The van der Waals surface area contributed by atoms with Crippen LogP contribution in [-0.2, 0) is 0 Å². The molecule has 0 fully saturated rings. The van der Waals surface area contributed by atoms with E-state index in [0.29, 0.717) is 5.15 Å². The van der Waals surface area contributed by atoms with Gasteiger partial charge in [0.05, 0.1) is 5.52 Å². The van der Waals surface area contributed by atoms with Gasteiger partial charge in [-0.05, 0) is 18.2 Å². The largest absolute Gasteiger partial charge is 0.264 e. The smallest absolute Gasteiger partial charge is 0.129 e. The third kappa shape index (κ3) is 1.17. The highest BCUT2D eigenvalue weighted by molar-refractivity contribution is 6.29. The van der Waals surface area contributed by atoms with Crippen molar-refractivity contribution >= 4 is 22.5 Å². The Morgan fingerprint density at radius 3 is 3.00 bits per heavy atom. The van der Waals surface area contributed by atoms with Gasteiger partial charge in [-0.2, -0.15) is 0 Å². The van der Waals surface area contributed by atoms with Crippen LogP contribution in [0.2, 0.25) is 5.15 Å². The fourth-order valence-electron chi connectivity index (χ4n) is 0.940. The highest BCUT2D eigenvalue weighted by Crippen LogP contribution is 2.12. The first-order valence-electron chi connectivity index (χ1n) is 3.22. The highest BCUT2D eigenvalue weighted by atomic mass is 35.5. The zero-order chi connectivity index (χ0) is 7.68. The second kappa shape index (κ2) is 2.47. The summed E-state index contributed by atoms with van der Waals surface area (Å²) in [5.74, 6) is 0. The van der Waals surface area contributed by atoms with Gasteiger partial charge >= 0.3 is 0 Å². The average Bonchev–Trinajstić information content (AvgIpc) is 2.04. The molecule has 2 heterocycles. The maximum absolute atomic E-state index is 5.69. The van der Waals surface area contributed by atoms with Gasteiger partial charge in [-0.25, -0.2) is 4.98 Å². The standard InChI is InChI=1S/C8H5ClN2/c9-8-2-1-6-5-10-4-3-7(6)11-8/h1-5H. The van der Waals surface area contributed by atoms with Gasteiger partial charge in [0.25, 0.3) is 0 Å². The molecular weight excluding hydrogens is 160 g/mol. The maximum Gasteiger partial charge on any atom is 0.129 e. The first-order valence-corrected chi connectivity index (χ1v) is 3.60. The molecule has 2 aromatic rings. The van der Waals surface area contributed by atoms with Gasteiger partial charge in [0, 0.05) is 17.8 Å². The lowest BCUT2D eigenvalue weighted by atomic mass is 10.3. The lowest BCUT2D eigenvalue weighted by molar-refractivity contribution is 1.32. The van der Waals surface area contributed by atoms with E-state index in [1.807, 2.05) is 12.1 Å². The van der Waals surface area contributed by atoms with E-state index in [0.717, 1.165) is 10.9 Å². The molecule has 54 valence electrons. The Morgan fingerprint density at radius 2 is 2.09 bits per heavy atom. The molecule has 0 N–H and O–H groups in total. The van der Waals surface area contributed by atoms with E-state index >= 15 is 0 Å². The first kappa shape index (κ1) is 6.55. The minimum atomic E-state index is 0.517. The molecule has 3 heteroatoms. The van der Waals surface area contributed by atoms with E-state index in [-0.39, 0.29) is 0 Å². The van der Waals surface area contributed by atoms with E-state index in [9.17, 15) is 0 Å². The van der Waals surface area contributed by atoms with Crippen molar-refractivity contribution in [2.75, 3.05) is 0 Å². The topological polar surface area (TPSA) is 25.8 Å². The van der Waals surface area contributed by atoms with Crippen molar-refractivity contribution in [3.8, 4) is 0 Å². The van der Waals surface area contributed by atoms with Gasteiger partial charge in [-0.15, -0.1) is 0 Å². The molecule has 0 atom stereocenters. The van der Waals surface area contributed by atoms with Gasteiger partial charge < -0.3 is 0 Å². The van der Waals surface area contributed by atoms with Gasteiger partial charge in [0.1, 0.15) is 5.15 Å². The van der Waals surface area contributed by atoms with E-state index in [4.69, 9.17) is 11.6 Å². The fourth-order valence-corrected chi connectivity index (χ4v) is 1.09. The van der Waals surface area contributed by atoms with Crippen LogP contribution >= 0.6 is 11.6 Å². The highest BCUT2D eigenvalue weighted by Gasteiger charge is 1.93. The third-order valence-electron chi connectivity index (χ3n) is 1.46. The van der Waals surface area contributed by atoms with Crippen LogP contribution in [0.5, 0.6) is 0 Å². The van der Waals surface area contributed by atoms with Gasteiger partial charge in [-0.1, -0.05) is 11.6 Å². The van der Waals surface area contributed by atoms with E-state index < -0.39 is 0 Å². The minimum absolute atomic E-state index is 0.517. The minimum Gasteiger partial charge on any atom is -0.264 e. The van der Waals surface area contributed by atoms with Crippen molar-refractivity contribution in [2.24, 2.45) is 0 Å². The SMILES string of the molecule is Clc1ccc2cnccc2n1. The molecule has 2 aromatic heterocycles. The number of aromatic nitrogens is 2. The Hall–Kier alpha value is -1.15. The summed E-state index contributed by atoms with van der Waals surface area (Å²) in [5, 5.41) is 1.53. The molecule has 0 unspecified atom stereocenters. The van der Waals surface area contributed by atoms with E-state index in [1.165, 1.54) is 0 Å². The Morgan fingerprint density at radius 1 is 1.18 bits per heavy atom. The van der Waals surface area contributed by atoms with E-state index in [1.54, 1.807) is 18.5 Å². The average molecular weight is 165 g/mol. The fraction of sp³-hybridized carbons (Fsp3) is 0. The second-order valence-corrected chi connectivity index (χ2v) is 2.59. The third-order valence-corrected chi connectivity index (χ3v) is 1.67. The molecule has 0 bridgehead atoms. The quantitative estimate of drug-likeness (QED) is 0.559. The van der Waals surface area contributed by atoms with Crippen molar-refractivity contribution in [2.45, 2.75) is 0 Å². The lowest BCUT2D eigenvalue weighted by Gasteiger charge is -1.94. The molecule has 2 nitrogen and oxygen atoms in total. The van der Waals surface area contributed by atoms with Crippen LogP contribution in [0.3, 0.4) is 0 Å². The van der Waals surface area contributed by atoms with Crippen LogP contribution in [0.4, 0.5) is 0 Å². The maximum atomic E-state index is 5.69. The van der Waals surface area contributed by atoms with Crippen molar-refractivity contribution in [1.82, 2.24) is 9.97 Å². The van der Waals surface area contributed by atoms with Gasteiger partial charge in [0.15, 0.2) is 0 Å². The van der Waals surface area contributed by atoms with Crippen molar-refractivity contribution in [3.63, 3.8) is 0 Å². The zero-order valence-electron chi connectivity index (χ0n) is 5.66. The predicted molar refractivity (Wildman–Crippen MR) is 44.5 cm³/mol. The molecule has 0 aliphatic heterocycles. The number of pyridine rings is 2. The zero-order valence-corrected chi connectivity index (χ0v) is 6.42. The molecule has 0 radical (unpaired) electrons. The molecule has 0 saturated carbocycles. The predicted octanol–water partition coefficient (Wildman–Crippen LogP) is 2.28. The summed E-state index contributed by atoms with van der Waals surface area (Å²) in [6.07, 6.45) is 3.46. The number of fused-ring (bicyclic) bond motifs is 1. The summed E-state index contributed by atoms with van der Waals surface area (Å²) in [7, 11) is 0. The number of nitrogens with zero attached hydrogens (tertiary/aromatic N) is 2. The van der Waals surface area contributed by atoms with Crippen LogP contribution in [0, 0.1) is 0 Å². The Kier molecular flexibility index (Phi) is 1.47. The molecule has 0 aliphatic rings. The molecule has 0 aromatic carbocycles. The number of hydrogen-bond acceptors (Lipinski definition) is 2. The summed E-state index contributed by atoms with van der Waals surface area (Å²) in [6, 6.07) is 5.49. The van der Waals surface area contributed by atoms with Crippen LogP contribution in [0.1, 0.15) is 0 Å². The summed E-state index contributed by atoms with van der Waals surface area (Å²) < 4.78 is 0. The van der Waals surface area contributed by atoms with E-state index in [2.05, 4.69) is 9.97 Å². The van der Waals surface area contributed by atoms with Crippen molar-refractivity contribution in [3.05, 3.63) is 35.7 Å². The van der Waals surface area contributed by atoms with Crippen molar-refractivity contribution < 1.29 is 0 Å². The number of halogens is 1. The van der Waals surface area contributed by atoms with Crippen LogP contribution in [0.15, 0.2) is 30.6 Å². The number of hydrogen-bond donors (Lipinski definition) is 0. The summed E-state index contributed by atoms with van der Waals surface area (Å²) in [6.45, 7) is 0. The second-order valence-electron chi connectivity index (χ2n) is 2.20. The summed E-state index contributed by atoms with van der Waals surface area (Å²) in [5.41, 5.74) is 0.882. The Bertz CT molecular complexity index is 387. The first-order chi connectivity index (χ1) is 5.36. The summed E-state index contributed by atoms with van der Waals surface area (Å²) in [4.78, 5) is 8.06. The van der Waals surface area contributed by atoms with Gasteiger partial charge in [0.2, 0.25) is 0 Å². The molecule has 0 amide bonds. The molecule has 0 spiro atoms. The summed E-state index contributed by atoms with van der Waals surface area (Å²) >= 11 is 5.69. The van der Waals surface area contributed by atoms with Crippen LogP contribution < -0.4 is 0 Å². The molecular formula is C8H5ClN2. The van der Waals surface area contributed by atoms with Crippen molar-refractivity contribution in [1.29, 1.82) is 0 Å². The van der Waals surface area contributed by atoms with Crippen LogP contribution in [-0.4, -0.2) is 9.97 Å².